The van der Waals surface area contributed by atoms with Gasteiger partial charge < -0.3 is 10.1 Å². The van der Waals surface area contributed by atoms with Crippen molar-refractivity contribution in [3.05, 3.63) is 41.0 Å². The van der Waals surface area contributed by atoms with Crippen molar-refractivity contribution >= 4 is 50.8 Å². The average Bonchev–Trinajstić information content (AvgIpc) is 2.99. The molecule has 3 rings (SSSR count). The molecule has 0 fully saturated rings. The maximum atomic E-state index is 12.4. The highest BCUT2D eigenvalue weighted by molar-refractivity contribution is 8.03. The number of ether oxygens (including phenoxy) is 1. The van der Waals surface area contributed by atoms with Gasteiger partial charge in [0, 0.05) is 10.6 Å². The third kappa shape index (κ3) is 4.38. The summed E-state index contributed by atoms with van der Waals surface area (Å²) in [5, 5.41) is 14.9. The largest absolute Gasteiger partial charge is 0.461 e. The van der Waals surface area contributed by atoms with Gasteiger partial charge in [-0.1, -0.05) is 13.8 Å². The Labute approximate surface area is 165 Å². The molecular weight excluding hydrogens is 380 g/mol. The first-order chi connectivity index (χ1) is 13.0. The lowest BCUT2D eigenvalue weighted by atomic mass is 10.2. The molecule has 0 unspecified atom stereocenters. The number of nitrogens with zero attached hydrogens (tertiary/aromatic N) is 3. The Morgan fingerprint density at radius 1 is 1.33 bits per heavy atom. The van der Waals surface area contributed by atoms with Crippen LogP contribution in [0.15, 0.2) is 35.5 Å². The Morgan fingerprint density at radius 3 is 2.74 bits per heavy atom. The molecule has 2 heterocycles. The second-order valence-electron chi connectivity index (χ2n) is 6.29. The van der Waals surface area contributed by atoms with Crippen LogP contribution in [0.2, 0.25) is 0 Å². The van der Waals surface area contributed by atoms with Crippen molar-refractivity contribution in [2.75, 3.05) is 11.9 Å². The number of thioether (sulfide) groups is 1. The van der Waals surface area contributed by atoms with Crippen LogP contribution in [-0.2, 0) is 4.74 Å². The van der Waals surface area contributed by atoms with Gasteiger partial charge in [0.15, 0.2) is 0 Å². The Hall–Kier alpha value is -2.63. The fourth-order valence-corrected chi connectivity index (χ4v) is 3.88. The second kappa shape index (κ2) is 8.37. The van der Waals surface area contributed by atoms with Gasteiger partial charge in [-0.05, 0) is 54.4 Å². The minimum atomic E-state index is -0.326. The Bertz CT molecular complexity index is 1010. The second-order valence-corrected chi connectivity index (χ2v) is 8.15. The van der Waals surface area contributed by atoms with E-state index in [1.807, 2.05) is 50.4 Å². The predicted octanol–water partition coefficient (Wildman–Crippen LogP) is 5.13. The zero-order valence-corrected chi connectivity index (χ0v) is 16.8. The summed E-state index contributed by atoms with van der Waals surface area (Å²) in [6.07, 6.45) is 1.48. The molecule has 0 spiro atoms. The number of carbonyl (C=O) groups is 1. The zero-order valence-electron chi connectivity index (χ0n) is 15.1. The summed E-state index contributed by atoms with van der Waals surface area (Å²) >= 11 is 2.42. The highest BCUT2D eigenvalue weighted by Crippen LogP contribution is 2.35. The Morgan fingerprint density at radius 2 is 2.07 bits per heavy atom. The van der Waals surface area contributed by atoms with E-state index in [-0.39, 0.29) is 11.9 Å². The summed E-state index contributed by atoms with van der Waals surface area (Å²) < 4.78 is 5.37. The molecule has 138 valence electrons. The number of hydrogen-bond acceptors (Lipinski definition) is 8. The van der Waals surface area contributed by atoms with Gasteiger partial charge in [0.05, 0.1) is 12.0 Å². The van der Waals surface area contributed by atoms with Gasteiger partial charge >= 0.3 is 5.97 Å². The number of rotatable bonds is 6. The van der Waals surface area contributed by atoms with Crippen molar-refractivity contribution in [2.45, 2.75) is 25.7 Å². The lowest BCUT2D eigenvalue weighted by molar-refractivity contribution is 0.0464. The topological polar surface area (TPSA) is 87.9 Å². The number of fused-ring (bicyclic) bond motifs is 1. The first-order valence-corrected chi connectivity index (χ1v) is 9.97. The molecule has 0 aliphatic carbocycles. The highest BCUT2D eigenvalue weighted by atomic mass is 32.2. The number of thiophene rings is 1. The van der Waals surface area contributed by atoms with Crippen LogP contribution in [0.25, 0.3) is 10.2 Å². The molecule has 0 radical (unpaired) electrons. The van der Waals surface area contributed by atoms with Gasteiger partial charge in [-0.3, -0.25) is 0 Å². The molecule has 0 bridgehead atoms. The van der Waals surface area contributed by atoms with Crippen LogP contribution in [0.5, 0.6) is 0 Å². The van der Waals surface area contributed by atoms with E-state index < -0.39 is 0 Å². The SMILES string of the molecule is Cc1c(C(=O)OCC(C)C)sc2ncnc(Nc3ccc(SC#N)cc3)c12. The number of benzene rings is 1. The van der Waals surface area contributed by atoms with Crippen LogP contribution in [0, 0.1) is 23.5 Å². The molecule has 0 saturated heterocycles. The molecule has 8 heteroatoms. The minimum Gasteiger partial charge on any atom is -0.461 e. The number of esters is 1. The molecule has 27 heavy (non-hydrogen) atoms. The highest BCUT2D eigenvalue weighted by Gasteiger charge is 2.20. The normalized spacial score (nSPS) is 10.8. The van der Waals surface area contributed by atoms with E-state index in [1.54, 1.807) is 0 Å². The van der Waals surface area contributed by atoms with Crippen LogP contribution in [0.3, 0.4) is 0 Å². The summed E-state index contributed by atoms with van der Waals surface area (Å²) in [6.45, 7) is 6.26. The molecule has 3 aromatic rings. The number of aryl methyl sites for hydroxylation is 1. The van der Waals surface area contributed by atoms with Gasteiger partial charge in [-0.15, -0.1) is 11.3 Å². The van der Waals surface area contributed by atoms with Gasteiger partial charge in [0.25, 0.3) is 0 Å². The summed E-state index contributed by atoms with van der Waals surface area (Å²) in [5.41, 5.74) is 1.65. The molecule has 0 aliphatic heterocycles. The van der Waals surface area contributed by atoms with E-state index in [0.29, 0.717) is 17.3 Å². The quantitative estimate of drug-likeness (QED) is 0.350. The first-order valence-electron chi connectivity index (χ1n) is 8.33. The van der Waals surface area contributed by atoms with E-state index in [2.05, 4.69) is 15.3 Å². The molecule has 2 aromatic heterocycles. The lowest BCUT2D eigenvalue weighted by Crippen LogP contribution is -2.09. The number of thiocyanates is 1. The molecule has 1 aromatic carbocycles. The summed E-state index contributed by atoms with van der Waals surface area (Å²) in [6, 6.07) is 7.49. The summed E-state index contributed by atoms with van der Waals surface area (Å²) in [7, 11) is 0. The van der Waals surface area contributed by atoms with Crippen molar-refractivity contribution in [3.8, 4) is 5.40 Å². The van der Waals surface area contributed by atoms with E-state index in [0.717, 1.165) is 38.1 Å². The fourth-order valence-electron chi connectivity index (χ4n) is 2.46. The smallest absolute Gasteiger partial charge is 0.348 e. The van der Waals surface area contributed by atoms with Gasteiger partial charge in [0.2, 0.25) is 0 Å². The molecule has 1 N–H and O–H groups in total. The van der Waals surface area contributed by atoms with Crippen LogP contribution in [0.1, 0.15) is 29.1 Å². The number of anilines is 2. The standard InChI is InChI=1S/C19H18N4O2S2/c1-11(2)8-25-19(24)16-12(3)15-17(21-10-22-18(15)27-16)23-13-4-6-14(7-5-13)26-9-20/h4-7,10-11H,8H2,1-3H3,(H,21,22,23). The van der Waals surface area contributed by atoms with E-state index in [9.17, 15) is 4.79 Å². The van der Waals surface area contributed by atoms with Gasteiger partial charge in [-0.2, -0.15) is 5.26 Å². The van der Waals surface area contributed by atoms with Crippen LogP contribution < -0.4 is 5.32 Å². The maximum absolute atomic E-state index is 12.4. The molecule has 0 saturated carbocycles. The molecular formula is C19H18N4O2S2. The molecule has 6 nitrogen and oxygen atoms in total. The predicted molar refractivity (Wildman–Crippen MR) is 108 cm³/mol. The molecule has 0 atom stereocenters. The Balaban J connectivity index is 1.90. The van der Waals surface area contributed by atoms with Crippen LogP contribution in [-0.4, -0.2) is 22.5 Å². The molecule has 0 aliphatic rings. The van der Waals surface area contributed by atoms with Crippen molar-refractivity contribution in [1.29, 1.82) is 5.26 Å². The third-order valence-corrected chi connectivity index (χ3v) is 5.52. The number of nitrogens with one attached hydrogen (secondary N) is 1. The van der Waals surface area contributed by atoms with Gasteiger partial charge in [-0.25, -0.2) is 14.8 Å². The third-order valence-electron chi connectivity index (χ3n) is 3.74. The Kier molecular flexibility index (Phi) is 5.94. The maximum Gasteiger partial charge on any atom is 0.348 e. The first kappa shape index (κ1) is 19.1. The molecule has 0 amide bonds. The van der Waals surface area contributed by atoms with Gasteiger partial charge in [0.1, 0.15) is 27.3 Å². The van der Waals surface area contributed by atoms with Crippen molar-refractivity contribution in [1.82, 2.24) is 9.97 Å². The van der Waals surface area contributed by atoms with Crippen LogP contribution in [0.4, 0.5) is 11.5 Å². The minimum absolute atomic E-state index is 0.280. The zero-order chi connectivity index (χ0) is 19.4. The lowest BCUT2D eigenvalue weighted by Gasteiger charge is -2.08. The fraction of sp³-hybridized carbons (Fsp3) is 0.263. The van der Waals surface area contributed by atoms with Crippen molar-refractivity contribution in [2.24, 2.45) is 5.92 Å². The number of hydrogen-bond donors (Lipinski definition) is 1. The van der Waals surface area contributed by atoms with E-state index in [4.69, 9.17) is 10.00 Å². The van der Waals surface area contributed by atoms with E-state index in [1.165, 1.54) is 17.7 Å². The number of aromatic nitrogens is 2. The van der Waals surface area contributed by atoms with Crippen molar-refractivity contribution in [3.63, 3.8) is 0 Å². The summed E-state index contributed by atoms with van der Waals surface area (Å²) in [4.78, 5) is 23.2. The number of nitriles is 1. The number of carbonyl (C=O) groups excluding carboxylic acids is 1. The summed E-state index contributed by atoms with van der Waals surface area (Å²) in [5.74, 6) is 0.591. The van der Waals surface area contributed by atoms with Crippen LogP contribution >= 0.6 is 23.1 Å². The monoisotopic (exact) mass is 398 g/mol. The van der Waals surface area contributed by atoms with Crippen molar-refractivity contribution < 1.29 is 9.53 Å². The average molecular weight is 399 g/mol. The van der Waals surface area contributed by atoms with E-state index >= 15 is 0 Å².